The smallest absolute Gasteiger partial charge is 0.270 e. The first-order chi connectivity index (χ1) is 11.1. The molecule has 23 heavy (non-hydrogen) atoms. The molecule has 1 aromatic carbocycles. The summed E-state index contributed by atoms with van der Waals surface area (Å²) in [6.07, 6.45) is 3.94. The third-order valence-electron chi connectivity index (χ3n) is 3.22. The third kappa shape index (κ3) is 3.32. The number of para-hydroxylation sites is 1. The van der Waals surface area contributed by atoms with Crippen LogP contribution in [0.5, 0.6) is 11.5 Å². The Bertz CT molecular complexity index is 814. The van der Waals surface area contributed by atoms with Crippen LogP contribution in [0.4, 0.5) is 0 Å². The van der Waals surface area contributed by atoms with Crippen LogP contribution in [0.15, 0.2) is 36.1 Å². The molecule has 0 saturated heterocycles. The molecule has 8 heteroatoms. The predicted octanol–water partition coefficient (Wildman–Crippen LogP) is 1.92. The molecule has 0 fully saturated rings. The van der Waals surface area contributed by atoms with Crippen molar-refractivity contribution in [3.05, 3.63) is 47.5 Å². The highest BCUT2D eigenvalue weighted by molar-refractivity contribution is 7.13. The van der Waals surface area contributed by atoms with Crippen molar-refractivity contribution in [3.8, 4) is 22.1 Å². The molecule has 118 valence electrons. The molecular formula is C15H14N4O3S. The molecule has 3 aromatic rings. The van der Waals surface area contributed by atoms with Crippen molar-refractivity contribution in [1.29, 1.82) is 0 Å². The van der Waals surface area contributed by atoms with Crippen LogP contribution in [0.25, 0.3) is 10.6 Å². The molecule has 3 rings (SSSR count). The van der Waals surface area contributed by atoms with Crippen LogP contribution in [-0.4, -0.2) is 37.6 Å². The van der Waals surface area contributed by atoms with Gasteiger partial charge in [0.1, 0.15) is 10.7 Å². The number of rotatable bonds is 5. The van der Waals surface area contributed by atoms with Gasteiger partial charge in [-0.15, -0.1) is 11.3 Å². The Kier molecular flexibility index (Phi) is 4.24. The number of carbonyl (C=O) groups is 1. The normalized spacial score (nSPS) is 10.6. The largest absolute Gasteiger partial charge is 0.504 e. The Balaban J connectivity index is 1.66. The van der Waals surface area contributed by atoms with Gasteiger partial charge in [-0.3, -0.25) is 4.79 Å². The first kappa shape index (κ1) is 15.0. The lowest BCUT2D eigenvalue weighted by molar-refractivity contribution is 0.0950. The second-order valence-corrected chi connectivity index (χ2v) is 5.65. The highest BCUT2D eigenvalue weighted by Gasteiger charge is 2.15. The zero-order valence-electron chi connectivity index (χ0n) is 12.0. The Labute approximate surface area is 135 Å². The van der Waals surface area contributed by atoms with Crippen molar-refractivity contribution in [1.82, 2.24) is 20.3 Å². The monoisotopic (exact) mass is 330 g/mol. The van der Waals surface area contributed by atoms with E-state index in [1.165, 1.54) is 17.4 Å². The minimum atomic E-state index is -0.286. The number of hydrogen-bond donors (Lipinski definition) is 4. The number of aromatic amines is 1. The van der Waals surface area contributed by atoms with Crippen LogP contribution in [0, 0.1) is 0 Å². The molecular weight excluding hydrogens is 316 g/mol. The average molecular weight is 330 g/mol. The maximum absolute atomic E-state index is 12.1. The van der Waals surface area contributed by atoms with E-state index in [2.05, 4.69) is 20.3 Å². The van der Waals surface area contributed by atoms with E-state index in [1.54, 1.807) is 30.0 Å². The fraction of sp³-hybridized carbons (Fsp3) is 0.133. The number of thiazole rings is 1. The van der Waals surface area contributed by atoms with Gasteiger partial charge in [-0.05, 0) is 12.1 Å². The number of phenols is 2. The van der Waals surface area contributed by atoms with Gasteiger partial charge in [0.25, 0.3) is 5.91 Å². The van der Waals surface area contributed by atoms with Gasteiger partial charge >= 0.3 is 0 Å². The van der Waals surface area contributed by atoms with E-state index in [0.717, 1.165) is 5.69 Å². The summed E-state index contributed by atoms with van der Waals surface area (Å²) in [4.78, 5) is 23.1. The zero-order valence-corrected chi connectivity index (χ0v) is 12.8. The molecule has 7 nitrogen and oxygen atoms in total. The lowest BCUT2D eigenvalue weighted by Crippen LogP contribution is -2.26. The van der Waals surface area contributed by atoms with Crippen molar-refractivity contribution < 1.29 is 15.0 Å². The van der Waals surface area contributed by atoms with Crippen LogP contribution < -0.4 is 5.32 Å². The summed E-state index contributed by atoms with van der Waals surface area (Å²) in [7, 11) is 0. The zero-order chi connectivity index (χ0) is 16.2. The number of nitrogens with one attached hydrogen (secondary N) is 2. The fourth-order valence-electron chi connectivity index (χ4n) is 2.03. The second kappa shape index (κ2) is 6.49. The molecule has 0 aliphatic carbocycles. The van der Waals surface area contributed by atoms with Gasteiger partial charge in [-0.1, -0.05) is 6.07 Å². The van der Waals surface area contributed by atoms with Crippen molar-refractivity contribution in [3.63, 3.8) is 0 Å². The van der Waals surface area contributed by atoms with Crippen molar-refractivity contribution in [2.75, 3.05) is 6.54 Å². The Hall–Kier alpha value is -2.87. The van der Waals surface area contributed by atoms with Gasteiger partial charge < -0.3 is 20.5 Å². The van der Waals surface area contributed by atoms with Gasteiger partial charge in [0.2, 0.25) is 0 Å². The van der Waals surface area contributed by atoms with Gasteiger partial charge in [0.15, 0.2) is 11.5 Å². The van der Waals surface area contributed by atoms with E-state index in [0.29, 0.717) is 23.5 Å². The summed E-state index contributed by atoms with van der Waals surface area (Å²) in [6.45, 7) is 0.464. The SMILES string of the molecule is O=C(NCCc1cnc[nH]1)c1csc(-c2cccc(O)c2O)n1. The van der Waals surface area contributed by atoms with Gasteiger partial charge in [-0.2, -0.15) is 0 Å². The molecule has 2 aromatic heterocycles. The molecule has 0 aliphatic rings. The van der Waals surface area contributed by atoms with E-state index in [4.69, 9.17) is 0 Å². The number of benzene rings is 1. The van der Waals surface area contributed by atoms with Crippen LogP contribution in [0.2, 0.25) is 0 Å². The molecule has 1 amide bonds. The topological polar surface area (TPSA) is 111 Å². The van der Waals surface area contributed by atoms with Gasteiger partial charge in [0, 0.05) is 30.2 Å². The van der Waals surface area contributed by atoms with Crippen molar-refractivity contribution >= 4 is 17.2 Å². The first-order valence-corrected chi connectivity index (χ1v) is 7.75. The van der Waals surface area contributed by atoms with Crippen molar-refractivity contribution in [2.45, 2.75) is 6.42 Å². The molecule has 0 radical (unpaired) electrons. The lowest BCUT2D eigenvalue weighted by Gasteiger charge is -2.03. The molecule has 0 unspecified atom stereocenters. The average Bonchev–Trinajstić information content (AvgIpc) is 3.21. The number of aromatic hydroxyl groups is 2. The minimum absolute atomic E-state index is 0.219. The summed E-state index contributed by atoms with van der Waals surface area (Å²) >= 11 is 1.23. The highest BCUT2D eigenvalue weighted by atomic mass is 32.1. The van der Waals surface area contributed by atoms with E-state index < -0.39 is 0 Å². The number of H-pyrrole nitrogens is 1. The molecule has 0 saturated carbocycles. The first-order valence-electron chi connectivity index (χ1n) is 6.87. The Morgan fingerprint density at radius 1 is 1.35 bits per heavy atom. The summed E-state index contributed by atoms with van der Waals surface area (Å²) in [5.41, 5.74) is 1.61. The third-order valence-corrected chi connectivity index (χ3v) is 4.09. The summed E-state index contributed by atoms with van der Waals surface area (Å²) in [5, 5.41) is 24.2. The molecule has 0 spiro atoms. The molecule has 0 bridgehead atoms. The standard InChI is InChI=1S/C15H14N4O3S/c20-12-3-1-2-10(13(12)21)15-19-11(7-23-15)14(22)17-5-4-9-6-16-8-18-9/h1-3,6-8,20-21H,4-5H2,(H,16,18)(H,17,22). The number of carbonyl (C=O) groups excluding carboxylic acids is 1. The van der Waals surface area contributed by atoms with E-state index >= 15 is 0 Å². The summed E-state index contributed by atoms with van der Waals surface area (Å²) in [5.74, 6) is -0.747. The minimum Gasteiger partial charge on any atom is -0.504 e. The van der Waals surface area contributed by atoms with Crippen LogP contribution in [0.1, 0.15) is 16.2 Å². The number of aromatic nitrogens is 3. The fourth-order valence-corrected chi connectivity index (χ4v) is 2.85. The second-order valence-electron chi connectivity index (χ2n) is 4.79. The summed E-state index contributed by atoms with van der Waals surface area (Å²) in [6, 6.07) is 4.62. The molecule has 4 N–H and O–H groups in total. The van der Waals surface area contributed by atoms with Crippen molar-refractivity contribution in [2.24, 2.45) is 0 Å². The maximum atomic E-state index is 12.1. The molecule has 0 aliphatic heterocycles. The summed E-state index contributed by atoms with van der Waals surface area (Å²) < 4.78 is 0. The van der Waals surface area contributed by atoms with Gasteiger partial charge in [0.05, 0.1) is 11.9 Å². The van der Waals surface area contributed by atoms with Crippen LogP contribution >= 0.6 is 11.3 Å². The van der Waals surface area contributed by atoms with E-state index in [-0.39, 0.29) is 23.1 Å². The Morgan fingerprint density at radius 3 is 3.00 bits per heavy atom. The lowest BCUT2D eigenvalue weighted by atomic mass is 10.2. The maximum Gasteiger partial charge on any atom is 0.270 e. The molecule has 0 atom stereocenters. The number of hydrogen-bond acceptors (Lipinski definition) is 6. The van der Waals surface area contributed by atoms with E-state index in [9.17, 15) is 15.0 Å². The number of nitrogens with zero attached hydrogens (tertiary/aromatic N) is 2. The van der Waals surface area contributed by atoms with Gasteiger partial charge in [-0.25, -0.2) is 9.97 Å². The number of amides is 1. The molecule has 2 heterocycles. The van der Waals surface area contributed by atoms with Crippen LogP contribution in [-0.2, 0) is 6.42 Å². The Morgan fingerprint density at radius 2 is 2.22 bits per heavy atom. The highest BCUT2D eigenvalue weighted by Crippen LogP contribution is 2.37. The predicted molar refractivity (Wildman–Crippen MR) is 85.5 cm³/mol. The number of imidazole rings is 1. The van der Waals surface area contributed by atoms with Crippen LogP contribution in [0.3, 0.4) is 0 Å². The number of phenolic OH excluding ortho intramolecular Hbond substituents is 2. The quantitative estimate of drug-likeness (QED) is 0.534. The van der Waals surface area contributed by atoms with E-state index in [1.807, 2.05) is 0 Å².